The van der Waals surface area contributed by atoms with Crippen LogP contribution in [0.3, 0.4) is 0 Å². The molecule has 2 aromatic carbocycles. The lowest BCUT2D eigenvalue weighted by Crippen LogP contribution is -2.46. The zero-order valence-electron chi connectivity index (χ0n) is 18.3. The minimum absolute atomic E-state index is 0.0408. The summed E-state index contributed by atoms with van der Waals surface area (Å²) >= 11 is 12.3. The lowest BCUT2D eigenvalue weighted by Gasteiger charge is -2.33. The van der Waals surface area contributed by atoms with Crippen molar-refractivity contribution < 1.29 is 14.0 Å². The molecule has 2 aromatic rings. The minimum Gasteiger partial charge on any atom is -0.351 e. The van der Waals surface area contributed by atoms with E-state index >= 15 is 0 Å². The van der Waals surface area contributed by atoms with Gasteiger partial charge >= 0.3 is 0 Å². The van der Waals surface area contributed by atoms with Crippen molar-refractivity contribution in [2.24, 2.45) is 0 Å². The van der Waals surface area contributed by atoms with Crippen LogP contribution in [0.15, 0.2) is 42.5 Å². The maximum atomic E-state index is 13.8. The molecule has 0 aliphatic heterocycles. The summed E-state index contributed by atoms with van der Waals surface area (Å²) in [5.74, 6) is -1.50. The van der Waals surface area contributed by atoms with E-state index in [0.29, 0.717) is 5.56 Å². The van der Waals surface area contributed by atoms with Gasteiger partial charge in [0.2, 0.25) is 11.8 Å². The predicted octanol–water partition coefficient (Wildman–Crippen LogP) is 5.94. The fourth-order valence-electron chi connectivity index (χ4n) is 4.17. The van der Waals surface area contributed by atoms with E-state index < -0.39 is 17.8 Å². The molecule has 172 valence electrons. The third-order valence-corrected chi connectivity index (χ3v) is 6.48. The van der Waals surface area contributed by atoms with E-state index in [9.17, 15) is 14.0 Å². The summed E-state index contributed by atoms with van der Waals surface area (Å²) in [5, 5.41) is 3.22. The molecule has 1 atom stereocenters. The molecule has 32 heavy (non-hydrogen) atoms. The Kier molecular flexibility index (Phi) is 8.94. The summed E-state index contributed by atoms with van der Waals surface area (Å²) in [7, 11) is 0. The van der Waals surface area contributed by atoms with Crippen molar-refractivity contribution in [3.63, 3.8) is 0 Å². The number of carbonyl (C=O) groups excluding carboxylic acids is 2. The van der Waals surface area contributed by atoms with Gasteiger partial charge in [-0.15, -0.1) is 11.6 Å². The van der Waals surface area contributed by atoms with Crippen LogP contribution in [0.1, 0.15) is 61.3 Å². The molecule has 7 heteroatoms. The first-order chi connectivity index (χ1) is 15.4. The van der Waals surface area contributed by atoms with Gasteiger partial charge < -0.3 is 10.2 Å². The Morgan fingerprint density at radius 3 is 2.34 bits per heavy atom. The number of hydrogen-bond donors (Lipinski definition) is 1. The molecule has 2 amide bonds. The molecule has 0 heterocycles. The molecule has 0 aromatic heterocycles. The second-order valence-corrected chi connectivity index (χ2v) is 9.08. The number of amides is 2. The number of rotatable bonds is 7. The van der Waals surface area contributed by atoms with E-state index in [0.717, 1.165) is 55.7 Å². The number of carbonyl (C=O) groups is 2. The van der Waals surface area contributed by atoms with Gasteiger partial charge in [0, 0.05) is 23.2 Å². The van der Waals surface area contributed by atoms with Crippen molar-refractivity contribution in [3.05, 3.63) is 70.0 Å². The van der Waals surface area contributed by atoms with Gasteiger partial charge in [-0.05, 0) is 37.5 Å². The molecule has 1 aliphatic rings. The van der Waals surface area contributed by atoms with Crippen LogP contribution in [-0.4, -0.2) is 28.6 Å². The Morgan fingerprint density at radius 1 is 1.09 bits per heavy atom. The molecular weight excluding hydrogens is 450 g/mol. The Labute approximate surface area is 199 Å². The van der Waals surface area contributed by atoms with Crippen molar-refractivity contribution in [2.75, 3.05) is 5.88 Å². The number of hydrogen-bond acceptors (Lipinski definition) is 2. The third kappa shape index (κ3) is 6.46. The number of nitrogens with zero attached hydrogens (tertiary/aromatic N) is 1. The highest BCUT2D eigenvalue weighted by molar-refractivity contribution is 6.31. The minimum atomic E-state index is -1.01. The maximum Gasteiger partial charge on any atom is 0.247 e. The average molecular weight is 479 g/mol. The van der Waals surface area contributed by atoms with Crippen LogP contribution in [0.4, 0.5) is 4.39 Å². The topological polar surface area (TPSA) is 49.4 Å². The standard InChI is InChI=1S/C25H29Cl2FN2O2/c1-17-8-10-18(11-9-17)16-30(23(31)15-26)24(21-13-12-19(28)14-22(21)27)25(32)29-20-6-4-2-3-5-7-20/h8-14,20,24H,2-7,15-16H2,1H3,(H,29,32)/t24-/m0/s1. The molecule has 4 nitrogen and oxygen atoms in total. The van der Waals surface area contributed by atoms with Crippen LogP contribution in [0.25, 0.3) is 0 Å². The number of benzene rings is 2. The van der Waals surface area contributed by atoms with E-state index in [1.165, 1.54) is 17.0 Å². The Morgan fingerprint density at radius 2 is 1.75 bits per heavy atom. The molecule has 0 spiro atoms. The van der Waals surface area contributed by atoms with Gasteiger partial charge in [-0.2, -0.15) is 0 Å². The number of aryl methyl sites for hydroxylation is 1. The van der Waals surface area contributed by atoms with E-state index in [4.69, 9.17) is 23.2 Å². The molecule has 0 radical (unpaired) electrons. The summed E-state index contributed by atoms with van der Waals surface area (Å²) in [6, 6.07) is 10.6. The Balaban J connectivity index is 1.97. The molecule has 0 unspecified atom stereocenters. The van der Waals surface area contributed by atoms with Crippen molar-refractivity contribution in [1.82, 2.24) is 10.2 Å². The van der Waals surface area contributed by atoms with Gasteiger partial charge in [0.25, 0.3) is 0 Å². The van der Waals surface area contributed by atoms with Crippen molar-refractivity contribution >= 4 is 35.0 Å². The number of halogens is 3. The zero-order valence-corrected chi connectivity index (χ0v) is 19.8. The first-order valence-corrected chi connectivity index (χ1v) is 12.0. The van der Waals surface area contributed by atoms with Crippen LogP contribution in [0.5, 0.6) is 0 Å². The fourth-order valence-corrected chi connectivity index (χ4v) is 4.59. The number of alkyl halides is 1. The fraction of sp³-hybridized carbons (Fsp3) is 0.440. The van der Waals surface area contributed by atoms with Gasteiger partial charge in [-0.25, -0.2) is 4.39 Å². The van der Waals surface area contributed by atoms with Crippen LogP contribution in [-0.2, 0) is 16.1 Å². The van der Waals surface area contributed by atoms with Crippen LogP contribution in [0.2, 0.25) is 5.02 Å². The first kappa shape index (κ1) is 24.5. The number of nitrogens with one attached hydrogen (secondary N) is 1. The van der Waals surface area contributed by atoms with Crippen LogP contribution >= 0.6 is 23.2 Å². The zero-order chi connectivity index (χ0) is 23.1. The van der Waals surface area contributed by atoms with E-state index in [1.807, 2.05) is 31.2 Å². The Hall–Kier alpha value is -2.11. The average Bonchev–Trinajstić information content (AvgIpc) is 3.04. The molecule has 1 N–H and O–H groups in total. The highest BCUT2D eigenvalue weighted by Crippen LogP contribution is 2.31. The highest BCUT2D eigenvalue weighted by Gasteiger charge is 2.34. The van der Waals surface area contributed by atoms with E-state index in [2.05, 4.69) is 5.32 Å². The van der Waals surface area contributed by atoms with Gasteiger partial charge in [-0.1, -0.05) is 73.2 Å². The molecule has 3 rings (SSSR count). The summed E-state index contributed by atoms with van der Waals surface area (Å²) in [5.41, 5.74) is 2.33. The van der Waals surface area contributed by atoms with Crippen molar-refractivity contribution in [2.45, 2.75) is 64.1 Å². The van der Waals surface area contributed by atoms with Crippen LogP contribution in [0, 0.1) is 12.7 Å². The molecule has 1 saturated carbocycles. The van der Waals surface area contributed by atoms with E-state index in [-0.39, 0.29) is 29.4 Å². The monoisotopic (exact) mass is 478 g/mol. The van der Waals surface area contributed by atoms with Gasteiger partial charge in [-0.3, -0.25) is 9.59 Å². The lowest BCUT2D eigenvalue weighted by molar-refractivity contribution is -0.140. The molecule has 1 aliphatic carbocycles. The molecule has 1 fully saturated rings. The van der Waals surface area contributed by atoms with Crippen LogP contribution < -0.4 is 5.32 Å². The summed E-state index contributed by atoms with van der Waals surface area (Å²) in [6.45, 7) is 2.16. The third-order valence-electron chi connectivity index (χ3n) is 5.93. The summed E-state index contributed by atoms with van der Waals surface area (Å²) in [6.07, 6.45) is 6.23. The van der Waals surface area contributed by atoms with E-state index in [1.54, 1.807) is 0 Å². The largest absolute Gasteiger partial charge is 0.351 e. The quantitative estimate of drug-likeness (QED) is 0.395. The van der Waals surface area contributed by atoms with Crippen molar-refractivity contribution in [1.29, 1.82) is 0 Å². The first-order valence-electron chi connectivity index (χ1n) is 11.1. The van der Waals surface area contributed by atoms with Gasteiger partial charge in [0.05, 0.1) is 0 Å². The Bertz CT molecular complexity index is 928. The highest BCUT2D eigenvalue weighted by atomic mass is 35.5. The molecular formula is C25H29Cl2FN2O2. The second kappa shape index (κ2) is 11.7. The lowest BCUT2D eigenvalue weighted by atomic mass is 10.0. The maximum absolute atomic E-state index is 13.8. The predicted molar refractivity (Wildman–Crippen MR) is 126 cm³/mol. The summed E-state index contributed by atoms with van der Waals surface area (Å²) < 4.78 is 13.8. The smallest absolute Gasteiger partial charge is 0.247 e. The van der Waals surface area contributed by atoms with Gasteiger partial charge in [0.15, 0.2) is 0 Å². The van der Waals surface area contributed by atoms with Gasteiger partial charge in [0.1, 0.15) is 17.7 Å². The summed E-state index contributed by atoms with van der Waals surface area (Å²) in [4.78, 5) is 27.9. The second-order valence-electron chi connectivity index (χ2n) is 8.41. The normalized spacial score (nSPS) is 15.6. The van der Waals surface area contributed by atoms with Crippen molar-refractivity contribution in [3.8, 4) is 0 Å². The molecule has 0 saturated heterocycles. The molecule has 0 bridgehead atoms. The SMILES string of the molecule is Cc1ccc(CN(C(=O)CCl)[C@H](C(=O)NC2CCCCCC2)c2ccc(F)cc2Cl)cc1.